The van der Waals surface area contributed by atoms with Crippen molar-refractivity contribution in [1.29, 1.82) is 0 Å². The van der Waals surface area contributed by atoms with Crippen molar-refractivity contribution in [2.75, 3.05) is 31.1 Å². The van der Waals surface area contributed by atoms with Crippen LogP contribution in [0.5, 0.6) is 0 Å². The Morgan fingerprint density at radius 1 is 1.44 bits per heavy atom. The average molecular weight is 313 g/mol. The molecular formula is C13H21BrN4. The molecule has 1 aliphatic heterocycles. The maximum atomic E-state index is 4.35. The molecule has 0 saturated carbocycles. The summed E-state index contributed by atoms with van der Waals surface area (Å²) in [4.78, 5) is 10.7. The largest absolute Gasteiger partial charge is 0.356 e. The normalized spacial score (nSPS) is 17.1. The second kappa shape index (κ2) is 7.04. The van der Waals surface area contributed by atoms with Gasteiger partial charge in [-0.25, -0.2) is 9.97 Å². The number of halogens is 1. The van der Waals surface area contributed by atoms with Crippen LogP contribution in [0.15, 0.2) is 17.0 Å². The van der Waals surface area contributed by atoms with Crippen LogP contribution in [0, 0.1) is 5.92 Å². The van der Waals surface area contributed by atoms with Crippen LogP contribution < -0.4 is 10.2 Å². The summed E-state index contributed by atoms with van der Waals surface area (Å²) in [5.41, 5.74) is 0. The van der Waals surface area contributed by atoms with Gasteiger partial charge in [0.05, 0.1) is 4.47 Å². The monoisotopic (exact) mass is 312 g/mol. The summed E-state index contributed by atoms with van der Waals surface area (Å²) in [6.07, 6.45) is 7.14. The van der Waals surface area contributed by atoms with Gasteiger partial charge in [-0.05, 0) is 54.2 Å². The van der Waals surface area contributed by atoms with Crippen LogP contribution in [0.25, 0.3) is 0 Å². The van der Waals surface area contributed by atoms with E-state index in [-0.39, 0.29) is 0 Å². The number of hydrogen-bond donors (Lipinski definition) is 1. The van der Waals surface area contributed by atoms with Crippen LogP contribution in [0.1, 0.15) is 26.2 Å². The molecule has 1 aliphatic rings. The molecule has 2 heterocycles. The predicted octanol–water partition coefficient (Wildman–Crippen LogP) is 2.46. The second-order valence-corrected chi connectivity index (χ2v) is 5.68. The number of rotatable bonds is 5. The van der Waals surface area contributed by atoms with E-state index in [1.54, 1.807) is 6.33 Å². The molecule has 0 radical (unpaired) electrons. The quantitative estimate of drug-likeness (QED) is 0.848. The molecule has 1 aromatic heterocycles. The Morgan fingerprint density at radius 3 is 2.89 bits per heavy atom. The van der Waals surface area contributed by atoms with E-state index in [0.29, 0.717) is 0 Å². The zero-order valence-electron chi connectivity index (χ0n) is 10.9. The van der Waals surface area contributed by atoms with Gasteiger partial charge in [0.25, 0.3) is 0 Å². The summed E-state index contributed by atoms with van der Waals surface area (Å²) in [7, 11) is 0. The van der Waals surface area contributed by atoms with Crippen molar-refractivity contribution in [1.82, 2.24) is 15.3 Å². The van der Waals surface area contributed by atoms with Gasteiger partial charge >= 0.3 is 0 Å². The van der Waals surface area contributed by atoms with Gasteiger partial charge in [-0.2, -0.15) is 0 Å². The lowest BCUT2D eigenvalue weighted by molar-refractivity contribution is 0.382. The number of hydrogen-bond acceptors (Lipinski definition) is 4. The van der Waals surface area contributed by atoms with Crippen LogP contribution in [0.2, 0.25) is 0 Å². The molecule has 0 bridgehead atoms. The van der Waals surface area contributed by atoms with Gasteiger partial charge in [-0.1, -0.05) is 6.92 Å². The molecular weight excluding hydrogens is 292 g/mol. The maximum Gasteiger partial charge on any atom is 0.146 e. The lowest BCUT2D eigenvalue weighted by atomic mass is 9.97. The van der Waals surface area contributed by atoms with E-state index in [1.165, 1.54) is 19.3 Å². The summed E-state index contributed by atoms with van der Waals surface area (Å²) in [6, 6.07) is 0. The molecule has 0 amide bonds. The van der Waals surface area contributed by atoms with Crippen LogP contribution in [0.3, 0.4) is 0 Å². The highest BCUT2D eigenvalue weighted by atomic mass is 79.9. The van der Waals surface area contributed by atoms with E-state index in [0.717, 1.165) is 42.4 Å². The average Bonchev–Trinajstić information content (AvgIpc) is 2.41. The first-order valence-electron chi connectivity index (χ1n) is 6.72. The molecule has 0 spiro atoms. The number of piperidine rings is 1. The van der Waals surface area contributed by atoms with Crippen LogP contribution in [0.4, 0.5) is 5.82 Å². The number of nitrogens with one attached hydrogen (secondary N) is 1. The molecule has 0 unspecified atom stereocenters. The van der Waals surface area contributed by atoms with Crippen molar-refractivity contribution in [2.45, 2.75) is 26.2 Å². The van der Waals surface area contributed by atoms with Crippen molar-refractivity contribution in [3.63, 3.8) is 0 Å². The zero-order chi connectivity index (χ0) is 12.8. The third-order valence-electron chi connectivity index (χ3n) is 3.42. The van der Waals surface area contributed by atoms with Crippen LogP contribution in [-0.4, -0.2) is 36.1 Å². The third-order valence-corrected chi connectivity index (χ3v) is 3.98. The second-order valence-electron chi connectivity index (χ2n) is 4.83. The minimum absolute atomic E-state index is 0.813. The van der Waals surface area contributed by atoms with E-state index in [2.05, 4.69) is 43.0 Å². The van der Waals surface area contributed by atoms with Crippen molar-refractivity contribution in [3.8, 4) is 0 Å². The summed E-state index contributed by atoms with van der Waals surface area (Å²) in [5, 5.41) is 3.52. The summed E-state index contributed by atoms with van der Waals surface area (Å²) >= 11 is 3.52. The topological polar surface area (TPSA) is 41.0 Å². The summed E-state index contributed by atoms with van der Waals surface area (Å²) in [5.74, 6) is 1.85. The van der Waals surface area contributed by atoms with Crippen LogP contribution >= 0.6 is 15.9 Å². The first kappa shape index (κ1) is 13.7. The van der Waals surface area contributed by atoms with Gasteiger partial charge in [-0.3, -0.25) is 0 Å². The highest BCUT2D eigenvalue weighted by Gasteiger charge is 2.21. The van der Waals surface area contributed by atoms with Gasteiger partial charge in [-0.15, -0.1) is 0 Å². The van der Waals surface area contributed by atoms with Crippen molar-refractivity contribution >= 4 is 21.7 Å². The van der Waals surface area contributed by atoms with Crippen molar-refractivity contribution in [3.05, 3.63) is 17.0 Å². The van der Waals surface area contributed by atoms with Crippen LogP contribution in [-0.2, 0) is 0 Å². The molecule has 0 aliphatic carbocycles. The predicted molar refractivity (Wildman–Crippen MR) is 77.8 cm³/mol. The highest BCUT2D eigenvalue weighted by Crippen LogP contribution is 2.26. The van der Waals surface area contributed by atoms with E-state index in [4.69, 9.17) is 0 Å². The van der Waals surface area contributed by atoms with Gasteiger partial charge < -0.3 is 10.2 Å². The van der Waals surface area contributed by atoms with E-state index >= 15 is 0 Å². The zero-order valence-corrected chi connectivity index (χ0v) is 12.5. The summed E-state index contributed by atoms with van der Waals surface area (Å²) in [6.45, 7) is 6.69. The summed E-state index contributed by atoms with van der Waals surface area (Å²) < 4.78 is 0.993. The Balaban J connectivity index is 1.81. The maximum absolute atomic E-state index is 4.35. The molecule has 5 heteroatoms. The number of aromatic nitrogens is 2. The van der Waals surface area contributed by atoms with Gasteiger partial charge in [0.15, 0.2) is 0 Å². The molecule has 0 aromatic carbocycles. The fourth-order valence-electron chi connectivity index (χ4n) is 2.37. The SMILES string of the molecule is CCCNCC1CCN(c2ncncc2Br)CC1. The first-order chi connectivity index (χ1) is 8.81. The Kier molecular flexibility index (Phi) is 5.38. The minimum atomic E-state index is 0.813. The lowest BCUT2D eigenvalue weighted by Gasteiger charge is -2.33. The highest BCUT2D eigenvalue weighted by molar-refractivity contribution is 9.10. The molecule has 18 heavy (non-hydrogen) atoms. The fourth-order valence-corrected chi connectivity index (χ4v) is 2.84. The standard InChI is InChI=1S/C13H21BrN4/c1-2-5-15-8-11-3-6-18(7-4-11)13-12(14)9-16-10-17-13/h9-11,15H,2-8H2,1H3. The van der Waals surface area contributed by atoms with Crippen molar-refractivity contribution in [2.24, 2.45) is 5.92 Å². The molecule has 1 saturated heterocycles. The minimum Gasteiger partial charge on any atom is -0.356 e. The fraction of sp³-hybridized carbons (Fsp3) is 0.692. The smallest absolute Gasteiger partial charge is 0.146 e. The lowest BCUT2D eigenvalue weighted by Crippen LogP contribution is -2.38. The Morgan fingerprint density at radius 2 is 2.22 bits per heavy atom. The molecule has 1 fully saturated rings. The van der Waals surface area contributed by atoms with Gasteiger partial charge in [0.2, 0.25) is 0 Å². The molecule has 100 valence electrons. The first-order valence-corrected chi connectivity index (χ1v) is 7.51. The van der Waals surface area contributed by atoms with Gasteiger partial charge in [0.1, 0.15) is 12.1 Å². The Bertz CT molecular complexity index is 364. The van der Waals surface area contributed by atoms with Crippen molar-refractivity contribution < 1.29 is 0 Å². The Labute approximate surface area is 117 Å². The van der Waals surface area contributed by atoms with E-state index in [1.807, 2.05) is 6.20 Å². The van der Waals surface area contributed by atoms with Gasteiger partial charge in [0, 0.05) is 19.3 Å². The number of nitrogens with zero attached hydrogens (tertiary/aromatic N) is 3. The van der Waals surface area contributed by atoms with E-state index in [9.17, 15) is 0 Å². The Hall–Kier alpha value is -0.680. The third kappa shape index (κ3) is 3.65. The number of anilines is 1. The molecule has 1 N–H and O–H groups in total. The molecule has 2 rings (SSSR count). The molecule has 0 atom stereocenters. The molecule has 4 nitrogen and oxygen atoms in total. The van der Waals surface area contributed by atoms with E-state index < -0.39 is 0 Å². The molecule has 1 aromatic rings.